The van der Waals surface area contributed by atoms with Crippen molar-refractivity contribution in [1.29, 1.82) is 0 Å². The summed E-state index contributed by atoms with van der Waals surface area (Å²) in [6, 6.07) is 6.19. The molecule has 0 amide bonds. The first-order chi connectivity index (χ1) is 8.11. The molecule has 2 nitrogen and oxygen atoms in total. The van der Waals surface area contributed by atoms with Crippen LogP contribution in [0, 0.1) is 0 Å². The molecule has 1 rings (SSSR count). The first-order valence-electron chi connectivity index (χ1n) is 5.28. The Hall–Kier alpha value is -0.390. The van der Waals surface area contributed by atoms with Crippen LogP contribution < -0.4 is 10.6 Å². The van der Waals surface area contributed by atoms with E-state index in [9.17, 15) is 0 Å². The molecule has 0 saturated heterocycles. The lowest BCUT2D eigenvalue weighted by atomic mass is 10.1. The van der Waals surface area contributed by atoms with Gasteiger partial charge >= 0.3 is 0 Å². The molecule has 0 bridgehead atoms. The van der Waals surface area contributed by atoms with Crippen molar-refractivity contribution in [3.63, 3.8) is 0 Å². The number of thiocarbonyl (C=S) groups is 1. The van der Waals surface area contributed by atoms with Crippen molar-refractivity contribution in [2.75, 3.05) is 36.8 Å². The molecule has 0 aromatic heterocycles. The SMILES string of the molecule is CSCCN(C)c1cccc(SC)c1C(N)=S. The quantitative estimate of drug-likeness (QED) is 0.641. The fraction of sp³-hybridized carbons (Fsp3) is 0.417. The molecule has 0 aliphatic rings. The molecule has 0 fully saturated rings. The minimum Gasteiger partial charge on any atom is -0.389 e. The minimum absolute atomic E-state index is 0.473. The lowest BCUT2D eigenvalue weighted by Crippen LogP contribution is -2.24. The first kappa shape index (κ1) is 14.7. The van der Waals surface area contributed by atoms with Crippen LogP contribution in [-0.4, -0.2) is 36.8 Å². The molecule has 0 unspecified atom stereocenters. The number of rotatable bonds is 6. The van der Waals surface area contributed by atoms with Gasteiger partial charge in [-0.25, -0.2) is 0 Å². The molecule has 5 heteroatoms. The number of anilines is 1. The highest BCUT2D eigenvalue weighted by Crippen LogP contribution is 2.29. The summed E-state index contributed by atoms with van der Waals surface area (Å²) in [5.74, 6) is 1.09. The van der Waals surface area contributed by atoms with Gasteiger partial charge in [0, 0.05) is 35.5 Å². The normalized spacial score (nSPS) is 10.3. The Labute approximate surface area is 117 Å². The van der Waals surface area contributed by atoms with Gasteiger partial charge < -0.3 is 10.6 Å². The van der Waals surface area contributed by atoms with Crippen molar-refractivity contribution < 1.29 is 0 Å². The fourth-order valence-corrected chi connectivity index (χ4v) is 2.97. The van der Waals surface area contributed by atoms with Crippen LogP contribution in [0.2, 0.25) is 0 Å². The molecular formula is C12H18N2S3. The van der Waals surface area contributed by atoms with Crippen LogP contribution >= 0.6 is 35.7 Å². The average molecular weight is 286 g/mol. The maximum atomic E-state index is 5.84. The summed E-state index contributed by atoms with van der Waals surface area (Å²) in [7, 11) is 2.08. The van der Waals surface area contributed by atoms with E-state index in [1.807, 2.05) is 18.0 Å². The maximum absolute atomic E-state index is 5.84. The molecule has 0 heterocycles. The zero-order valence-electron chi connectivity index (χ0n) is 10.4. The van der Waals surface area contributed by atoms with E-state index in [0.29, 0.717) is 4.99 Å². The number of thioether (sulfide) groups is 2. The predicted octanol–water partition coefficient (Wildman–Crippen LogP) is 2.84. The molecule has 0 saturated carbocycles. The van der Waals surface area contributed by atoms with Crippen LogP contribution in [0.15, 0.2) is 23.1 Å². The zero-order chi connectivity index (χ0) is 12.8. The highest BCUT2D eigenvalue weighted by Gasteiger charge is 2.13. The van der Waals surface area contributed by atoms with Gasteiger partial charge in [-0.15, -0.1) is 11.8 Å². The third kappa shape index (κ3) is 3.79. The Kier molecular flexibility index (Phi) is 6.16. The summed E-state index contributed by atoms with van der Waals surface area (Å²) in [4.78, 5) is 3.83. The molecule has 0 aliphatic carbocycles. The van der Waals surface area contributed by atoms with Crippen molar-refractivity contribution in [3.8, 4) is 0 Å². The molecule has 17 heavy (non-hydrogen) atoms. The lowest BCUT2D eigenvalue weighted by Gasteiger charge is -2.23. The monoisotopic (exact) mass is 286 g/mol. The Balaban J connectivity index is 3.09. The van der Waals surface area contributed by atoms with E-state index in [1.165, 1.54) is 0 Å². The predicted molar refractivity (Wildman–Crippen MR) is 85.8 cm³/mol. The van der Waals surface area contributed by atoms with Crippen LogP contribution in [0.5, 0.6) is 0 Å². The number of nitrogens with zero attached hydrogens (tertiary/aromatic N) is 1. The van der Waals surface area contributed by atoms with Gasteiger partial charge in [0.2, 0.25) is 0 Å². The van der Waals surface area contributed by atoms with Gasteiger partial charge in [0.05, 0.1) is 0 Å². The van der Waals surface area contributed by atoms with Crippen LogP contribution in [-0.2, 0) is 0 Å². The topological polar surface area (TPSA) is 29.3 Å². The van der Waals surface area contributed by atoms with E-state index in [1.54, 1.807) is 11.8 Å². The highest BCUT2D eigenvalue weighted by atomic mass is 32.2. The third-order valence-electron chi connectivity index (χ3n) is 2.51. The van der Waals surface area contributed by atoms with E-state index in [2.05, 4.69) is 36.4 Å². The van der Waals surface area contributed by atoms with Crippen molar-refractivity contribution >= 4 is 46.4 Å². The number of hydrogen-bond donors (Lipinski definition) is 1. The molecule has 0 radical (unpaired) electrons. The van der Waals surface area contributed by atoms with Gasteiger partial charge in [-0.05, 0) is 24.6 Å². The van der Waals surface area contributed by atoms with Crippen LogP contribution in [0.25, 0.3) is 0 Å². The van der Waals surface area contributed by atoms with Gasteiger partial charge in [-0.1, -0.05) is 18.3 Å². The summed E-state index contributed by atoms with van der Waals surface area (Å²) in [5, 5.41) is 0. The average Bonchev–Trinajstić information content (AvgIpc) is 2.34. The van der Waals surface area contributed by atoms with Crippen molar-refractivity contribution in [3.05, 3.63) is 23.8 Å². The zero-order valence-corrected chi connectivity index (χ0v) is 12.8. The smallest absolute Gasteiger partial charge is 0.107 e. The summed E-state index contributed by atoms with van der Waals surface area (Å²) in [5.41, 5.74) is 7.97. The Morgan fingerprint density at radius 2 is 2.12 bits per heavy atom. The molecule has 1 aromatic rings. The minimum atomic E-state index is 0.473. The van der Waals surface area contributed by atoms with Gasteiger partial charge in [0.1, 0.15) is 4.99 Å². The molecule has 0 spiro atoms. The first-order valence-corrected chi connectivity index (χ1v) is 8.31. The Bertz CT molecular complexity index is 393. The van der Waals surface area contributed by atoms with Gasteiger partial charge in [-0.2, -0.15) is 11.8 Å². The van der Waals surface area contributed by atoms with Gasteiger partial charge in [0.15, 0.2) is 0 Å². The molecule has 2 N–H and O–H groups in total. The molecule has 1 aromatic carbocycles. The van der Waals surface area contributed by atoms with Crippen molar-refractivity contribution in [1.82, 2.24) is 0 Å². The van der Waals surface area contributed by atoms with Crippen LogP contribution in [0.3, 0.4) is 0 Å². The van der Waals surface area contributed by atoms with E-state index in [0.717, 1.165) is 28.4 Å². The van der Waals surface area contributed by atoms with Gasteiger partial charge in [0.25, 0.3) is 0 Å². The summed E-state index contributed by atoms with van der Waals surface area (Å²) in [6.45, 7) is 0.995. The third-order valence-corrected chi connectivity index (χ3v) is 4.09. The van der Waals surface area contributed by atoms with E-state index < -0.39 is 0 Å². The lowest BCUT2D eigenvalue weighted by molar-refractivity contribution is 0.972. The number of nitrogens with two attached hydrogens (primary N) is 1. The summed E-state index contributed by atoms with van der Waals surface area (Å²) >= 11 is 8.69. The second kappa shape index (κ2) is 7.13. The largest absolute Gasteiger partial charge is 0.389 e. The standard InChI is InChI=1S/C12H18N2S3/c1-14(7-8-16-2)9-5-4-6-10(17-3)11(9)12(13)15/h4-6H,7-8H2,1-3H3,(H2,13,15). The van der Waals surface area contributed by atoms with Crippen molar-refractivity contribution in [2.45, 2.75) is 4.90 Å². The number of hydrogen-bond acceptors (Lipinski definition) is 4. The Morgan fingerprint density at radius 3 is 2.65 bits per heavy atom. The molecule has 0 aliphatic heterocycles. The second-order valence-electron chi connectivity index (χ2n) is 3.63. The van der Waals surface area contributed by atoms with E-state index in [-0.39, 0.29) is 0 Å². The Morgan fingerprint density at radius 1 is 1.41 bits per heavy atom. The van der Waals surface area contributed by atoms with Crippen molar-refractivity contribution in [2.24, 2.45) is 5.73 Å². The van der Waals surface area contributed by atoms with Crippen LogP contribution in [0.1, 0.15) is 5.56 Å². The maximum Gasteiger partial charge on any atom is 0.107 e. The van der Waals surface area contributed by atoms with E-state index in [4.69, 9.17) is 18.0 Å². The molecule has 0 atom stereocenters. The fourth-order valence-electron chi connectivity index (χ4n) is 1.60. The van der Waals surface area contributed by atoms with Crippen LogP contribution in [0.4, 0.5) is 5.69 Å². The summed E-state index contributed by atoms with van der Waals surface area (Å²) < 4.78 is 0. The van der Waals surface area contributed by atoms with Gasteiger partial charge in [-0.3, -0.25) is 0 Å². The second-order valence-corrected chi connectivity index (χ2v) is 5.91. The molecule has 94 valence electrons. The van der Waals surface area contributed by atoms with E-state index >= 15 is 0 Å². The highest BCUT2D eigenvalue weighted by molar-refractivity contribution is 7.99. The molecular weight excluding hydrogens is 268 g/mol. The number of benzene rings is 1. The summed E-state index contributed by atoms with van der Waals surface area (Å²) in [6.07, 6.45) is 4.16.